The number of hydrogen-bond donors (Lipinski definition) is 2. The topological polar surface area (TPSA) is 61.4 Å². The van der Waals surface area contributed by atoms with Gasteiger partial charge in [0.1, 0.15) is 0 Å². The first-order valence-electron chi connectivity index (χ1n) is 6.87. The Labute approximate surface area is 125 Å². The molecule has 0 amide bonds. The average molecular weight is 317 g/mol. The molecule has 1 aromatic rings. The summed E-state index contributed by atoms with van der Waals surface area (Å²) in [5, 5.41) is 4.75. The molecule has 2 heterocycles. The summed E-state index contributed by atoms with van der Waals surface area (Å²) < 4.78 is 27.6. The number of likely N-dealkylation sites (tertiary alicyclic amines) is 1. The minimum Gasteiger partial charge on any atom is -0.315 e. The van der Waals surface area contributed by atoms with Gasteiger partial charge in [0.05, 0.1) is 4.90 Å². The van der Waals surface area contributed by atoms with Crippen molar-refractivity contribution in [2.24, 2.45) is 0 Å². The molecule has 2 N–H and O–H groups in total. The maximum absolute atomic E-state index is 12.4. The van der Waals surface area contributed by atoms with Crippen LogP contribution < -0.4 is 10.0 Å². The molecule has 0 radical (unpaired) electrons. The first-order chi connectivity index (χ1) is 9.42. The zero-order valence-electron chi connectivity index (χ0n) is 12.2. The van der Waals surface area contributed by atoms with Crippen molar-refractivity contribution in [3.63, 3.8) is 0 Å². The van der Waals surface area contributed by atoms with E-state index in [0.29, 0.717) is 17.5 Å². The van der Waals surface area contributed by atoms with E-state index < -0.39 is 10.0 Å². The second kappa shape index (κ2) is 6.53. The molecule has 0 aliphatic carbocycles. The lowest BCUT2D eigenvalue weighted by molar-refractivity contribution is 0.178. The van der Waals surface area contributed by atoms with E-state index in [1.54, 1.807) is 11.4 Å². The van der Waals surface area contributed by atoms with E-state index in [1.165, 1.54) is 11.3 Å². The van der Waals surface area contributed by atoms with Crippen molar-refractivity contribution in [3.05, 3.63) is 16.3 Å². The molecule has 1 fully saturated rings. The molecule has 114 valence electrons. The van der Waals surface area contributed by atoms with Gasteiger partial charge in [0.2, 0.25) is 10.0 Å². The Morgan fingerprint density at radius 2 is 2.25 bits per heavy atom. The fourth-order valence-corrected chi connectivity index (χ4v) is 5.02. The Kier molecular flexibility index (Phi) is 5.19. The van der Waals surface area contributed by atoms with E-state index in [4.69, 9.17) is 0 Å². The van der Waals surface area contributed by atoms with Gasteiger partial charge in [0.15, 0.2) is 0 Å². The maximum atomic E-state index is 12.4. The van der Waals surface area contributed by atoms with Gasteiger partial charge in [-0.2, -0.15) is 0 Å². The molecule has 1 aromatic heterocycles. The van der Waals surface area contributed by atoms with Crippen LogP contribution in [-0.2, 0) is 16.6 Å². The third-order valence-corrected chi connectivity index (χ3v) is 6.41. The van der Waals surface area contributed by atoms with Gasteiger partial charge in [-0.25, -0.2) is 13.1 Å². The Balaban J connectivity index is 2.03. The lowest BCUT2D eigenvalue weighted by Gasteiger charge is -2.35. The van der Waals surface area contributed by atoms with E-state index in [0.717, 1.165) is 24.3 Å². The summed E-state index contributed by atoms with van der Waals surface area (Å²) in [5.41, 5.74) is 0. The standard InChI is InChI=1S/C13H23N3O2S2/c1-10-6-11(4-5-16(10)3)15-20(17,18)13-7-12(8-14-2)19-9-13/h7,9-11,14-15H,4-6,8H2,1-3H3. The van der Waals surface area contributed by atoms with Gasteiger partial charge in [-0.3, -0.25) is 0 Å². The number of sulfonamides is 1. The zero-order valence-corrected chi connectivity index (χ0v) is 13.9. The van der Waals surface area contributed by atoms with Crippen LogP contribution in [0.25, 0.3) is 0 Å². The third kappa shape index (κ3) is 3.79. The lowest BCUT2D eigenvalue weighted by Crippen LogP contribution is -2.47. The van der Waals surface area contributed by atoms with Crippen LogP contribution in [-0.4, -0.2) is 46.0 Å². The molecule has 1 saturated heterocycles. The summed E-state index contributed by atoms with van der Waals surface area (Å²) in [7, 11) is 0.551. The second-order valence-electron chi connectivity index (χ2n) is 5.45. The molecule has 1 aliphatic heterocycles. The summed E-state index contributed by atoms with van der Waals surface area (Å²) in [6.07, 6.45) is 1.73. The Bertz CT molecular complexity index is 542. The maximum Gasteiger partial charge on any atom is 0.241 e. The highest BCUT2D eigenvalue weighted by atomic mass is 32.2. The van der Waals surface area contributed by atoms with Crippen molar-refractivity contribution in [1.29, 1.82) is 0 Å². The van der Waals surface area contributed by atoms with Gasteiger partial charge < -0.3 is 10.2 Å². The van der Waals surface area contributed by atoms with Crippen LogP contribution >= 0.6 is 11.3 Å². The third-order valence-electron chi connectivity index (χ3n) is 3.82. The van der Waals surface area contributed by atoms with Crippen LogP contribution in [0.3, 0.4) is 0 Å². The van der Waals surface area contributed by atoms with Crippen molar-refractivity contribution in [3.8, 4) is 0 Å². The van der Waals surface area contributed by atoms with E-state index in [-0.39, 0.29) is 6.04 Å². The highest BCUT2D eigenvalue weighted by Gasteiger charge is 2.27. The number of rotatable bonds is 5. The normalized spacial score (nSPS) is 24.9. The average Bonchev–Trinajstić information content (AvgIpc) is 2.83. The molecule has 2 atom stereocenters. The molecule has 2 rings (SSSR count). The van der Waals surface area contributed by atoms with Crippen molar-refractivity contribution in [2.75, 3.05) is 20.6 Å². The monoisotopic (exact) mass is 317 g/mol. The molecule has 20 heavy (non-hydrogen) atoms. The summed E-state index contributed by atoms with van der Waals surface area (Å²) in [5.74, 6) is 0. The van der Waals surface area contributed by atoms with Crippen LogP contribution in [0.15, 0.2) is 16.3 Å². The smallest absolute Gasteiger partial charge is 0.241 e. The molecule has 1 aliphatic rings. The number of nitrogens with zero attached hydrogens (tertiary/aromatic N) is 1. The second-order valence-corrected chi connectivity index (χ2v) is 8.16. The molecule has 2 unspecified atom stereocenters. The highest BCUT2D eigenvalue weighted by Crippen LogP contribution is 2.22. The Morgan fingerprint density at radius 1 is 1.50 bits per heavy atom. The first-order valence-corrected chi connectivity index (χ1v) is 9.23. The number of piperidine rings is 1. The fourth-order valence-electron chi connectivity index (χ4n) is 2.45. The van der Waals surface area contributed by atoms with Crippen molar-refractivity contribution >= 4 is 21.4 Å². The zero-order chi connectivity index (χ0) is 14.8. The molecule has 0 saturated carbocycles. The minimum atomic E-state index is -3.38. The number of thiophene rings is 1. The highest BCUT2D eigenvalue weighted by molar-refractivity contribution is 7.89. The van der Waals surface area contributed by atoms with Crippen molar-refractivity contribution in [2.45, 2.75) is 43.3 Å². The number of hydrogen-bond acceptors (Lipinski definition) is 5. The van der Waals surface area contributed by atoms with Gasteiger partial charge in [0.25, 0.3) is 0 Å². The van der Waals surface area contributed by atoms with Crippen molar-refractivity contribution < 1.29 is 8.42 Å². The first kappa shape index (κ1) is 15.9. The number of nitrogens with one attached hydrogen (secondary N) is 2. The van der Waals surface area contributed by atoms with E-state index in [9.17, 15) is 8.42 Å². The van der Waals surface area contributed by atoms with Crippen molar-refractivity contribution in [1.82, 2.24) is 14.9 Å². The van der Waals surface area contributed by atoms with E-state index >= 15 is 0 Å². The van der Waals surface area contributed by atoms with Gasteiger partial charge >= 0.3 is 0 Å². The van der Waals surface area contributed by atoms with Gasteiger partial charge in [-0.15, -0.1) is 11.3 Å². The molecule has 5 nitrogen and oxygen atoms in total. The summed E-state index contributed by atoms with van der Waals surface area (Å²) >= 11 is 1.47. The van der Waals surface area contributed by atoms with Gasteiger partial charge in [-0.1, -0.05) is 0 Å². The Morgan fingerprint density at radius 3 is 2.90 bits per heavy atom. The molecule has 0 spiro atoms. The van der Waals surface area contributed by atoms with Crippen LogP contribution in [0.1, 0.15) is 24.6 Å². The van der Waals surface area contributed by atoms with E-state index in [2.05, 4.69) is 28.9 Å². The minimum absolute atomic E-state index is 0.0406. The van der Waals surface area contributed by atoms with Crippen LogP contribution in [0, 0.1) is 0 Å². The van der Waals surface area contributed by atoms with Gasteiger partial charge in [-0.05, 0) is 46.5 Å². The summed E-state index contributed by atoms with van der Waals surface area (Å²) in [6.45, 7) is 3.77. The summed E-state index contributed by atoms with van der Waals surface area (Å²) in [6, 6.07) is 2.21. The van der Waals surface area contributed by atoms with Crippen LogP contribution in [0.4, 0.5) is 0 Å². The molecular weight excluding hydrogens is 294 g/mol. The Hall–Kier alpha value is -0.470. The van der Waals surface area contributed by atoms with Crippen LogP contribution in [0.5, 0.6) is 0 Å². The fraction of sp³-hybridized carbons (Fsp3) is 0.692. The van der Waals surface area contributed by atoms with Crippen LogP contribution in [0.2, 0.25) is 0 Å². The lowest BCUT2D eigenvalue weighted by atomic mass is 10.0. The molecular formula is C13H23N3O2S2. The predicted molar refractivity (Wildman–Crippen MR) is 82.5 cm³/mol. The molecule has 0 bridgehead atoms. The largest absolute Gasteiger partial charge is 0.315 e. The molecule has 0 aromatic carbocycles. The quantitative estimate of drug-likeness (QED) is 0.857. The molecule has 7 heteroatoms. The SMILES string of the molecule is CNCc1cc(S(=O)(=O)NC2CCN(C)C(C)C2)cs1. The summed E-state index contributed by atoms with van der Waals surface area (Å²) in [4.78, 5) is 3.68. The predicted octanol–water partition coefficient (Wildman–Crippen LogP) is 1.23. The van der Waals surface area contributed by atoms with Gasteiger partial charge in [0, 0.05) is 28.9 Å². The van der Waals surface area contributed by atoms with E-state index in [1.807, 2.05) is 7.05 Å².